The smallest absolute Gasteiger partial charge is 0.258 e. The summed E-state index contributed by atoms with van der Waals surface area (Å²) >= 11 is 1.63. The van der Waals surface area contributed by atoms with E-state index < -0.39 is 0 Å². The molecule has 3 aromatic rings. The van der Waals surface area contributed by atoms with Crippen LogP contribution in [0.25, 0.3) is 10.4 Å². The fourth-order valence-electron chi connectivity index (χ4n) is 1.77. The van der Waals surface area contributed by atoms with Crippen molar-refractivity contribution >= 4 is 38.1 Å². The molecule has 1 aromatic heterocycles. The maximum Gasteiger partial charge on any atom is 0.308 e. The molecule has 0 spiro atoms. The lowest BCUT2D eigenvalue weighted by atomic mass is 10.2. The van der Waals surface area contributed by atoms with Crippen LogP contribution < -0.4 is 0 Å². The first-order valence-electron chi connectivity index (χ1n) is 6.13. The minimum atomic E-state index is -0.380. The first-order chi connectivity index (χ1) is 10.2. The lowest BCUT2D eigenvalue weighted by molar-refractivity contribution is -0.384. The van der Waals surface area contributed by atoms with Gasteiger partial charge < -0.3 is 0 Å². The minimum Gasteiger partial charge on any atom is -0.258 e. The summed E-state index contributed by atoms with van der Waals surface area (Å²) in [7, 11) is 3.46. The van der Waals surface area contributed by atoms with Gasteiger partial charge in [0, 0.05) is 23.1 Å². The van der Waals surface area contributed by atoms with E-state index in [1.54, 1.807) is 44.6 Å². The van der Waals surface area contributed by atoms with Gasteiger partial charge in [-0.3, -0.25) is 10.1 Å². The fraction of sp³-hybridized carbons (Fsp3) is 0. The SMILES string of the molecule is O=[N+]([O-])c1ccc(Sc2cc(-c3ccccc3)s[s+]2)cc1. The molecule has 0 N–H and O–H groups in total. The number of nitrogens with zero attached hydrogens (tertiary/aromatic N) is 1. The molecule has 0 radical (unpaired) electrons. The maximum absolute atomic E-state index is 10.6. The van der Waals surface area contributed by atoms with Gasteiger partial charge in [-0.25, -0.2) is 0 Å². The zero-order chi connectivity index (χ0) is 14.7. The largest absolute Gasteiger partial charge is 0.308 e. The van der Waals surface area contributed by atoms with Crippen LogP contribution in [0.15, 0.2) is 69.8 Å². The molecule has 104 valence electrons. The molecule has 0 saturated carbocycles. The molecule has 0 aliphatic carbocycles. The van der Waals surface area contributed by atoms with Crippen LogP contribution in [0.4, 0.5) is 5.69 Å². The van der Waals surface area contributed by atoms with Crippen molar-refractivity contribution in [3.63, 3.8) is 0 Å². The second-order valence-corrected chi connectivity index (χ2v) is 7.80. The van der Waals surface area contributed by atoms with E-state index in [0.717, 1.165) is 4.90 Å². The third-order valence-corrected chi connectivity index (χ3v) is 6.66. The van der Waals surface area contributed by atoms with Crippen molar-refractivity contribution in [3.05, 3.63) is 70.8 Å². The number of hydrogen-bond donors (Lipinski definition) is 0. The Bertz CT molecular complexity index is 754. The minimum absolute atomic E-state index is 0.123. The highest BCUT2D eigenvalue weighted by Gasteiger charge is 2.16. The molecule has 0 saturated heterocycles. The molecular weight excluding hydrogens is 322 g/mol. The normalized spacial score (nSPS) is 10.5. The Morgan fingerprint density at radius 3 is 2.43 bits per heavy atom. The predicted molar refractivity (Wildman–Crippen MR) is 89.3 cm³/mol. The van der Waals surface area contributed by atoms with Gasteiger partial charge in [0.25, 0.3) is 9.90 Å². The van der Waals surface area contributed by atoms with Crippen LogP contribution in [-0.4, -0.2) is 4.92 Å². The van der Waals surface area contributed by atoms with Gasteiger partial charge in [0.15, 0.2) is 10.3 Å². The van der Waals surface area contributed by atoms with Crippen LogP contribution in [0.2, 0.25) is 0 Å². The third-order valence-electron chi connectivity index (χ3n) is 2.79. The third kappa shape index (κ3) is 3.47. The van der Waals surface area contributed by atoms with Crippen molar-refractivity contribution in [2.45, 2.75) is 9.10 Å². The lowest BCUT2D eigenvalue weighted by Crippen LogP contribution is -1.86. The molecule has 21 heavy (non-hydrogen) atoms. The van der Waals surface area contributed by atoms with Gasteiger partial charge in [0.2, 0.25) is 0 Å². The summed E-state index contributed by atoms with van der Waals surface area (Å²) in [4.78, 5) is 12.5. The maximum atomic E-state index is 10.6. The van der Waals surface area contributed by atoms with E-state index in [4.69, 9.17) is 0 Å². The van der Waals surface area contributed by atoms with Gasteiger partial charge in [-0.2, -0.15) is 0 Å². The molecule has 0 bridgehead atoms. The van der Waals surface area contributed by atoms with Crippen molar-refractivity contribution < 1.29 is 4.92 Å². The van der Waals surface area contributed by atoms with Gasteiger partial charge in [0.05, 0.1) is 9.80 Å². The molecule has 2 aromatic carbocycles. The highest BCUT2D eigenvalue weighted by molar-refractivity contribution is 8.02. The Morgan fingerprint density at radius 2 is 1.76 bits per heavy atom. The first-order valence-corrected chi connectivity index (χ1v) is 9.10. The average Bonchev–Trinajstić information content (AvgIpc) is 2.97. The molecule has 0 aliphatic heterocycles. The van der Waals surface area contributed by atoms with Gasteiger partial charge in [-0.05, 0) is 29.5 Å². The Kier molecular flexibility index (Phi) is 4.28. The Morgan fingerprint density at radius 1 is 1.05 bits per heavy atom. The number of hydrogen-bond acceptors (Lipinski definition) is 4. The Labute approximate surface area is 133 Å². The Hall–Kier alpha value is -1.76. The van der Waals surface area contributed by atoms with Crippen LogP contribution in [0.3, 0.4) is 0 Å². The summed E-state index contributed by atoms with van der Waals surface area (Å²) in [6, 6.07) is 19.1. The van der Waals surface area contributed by atoms with Crippen LogP contribution in [0, 0.1) is 10.1 Å². The number of nitro benzene ring substituents is 1. The summed E-state index contributed by atoms with van der Waals surface area (Å²) in [6.45, 7) is 0. The predicted octanol–water partition coefficient (Wildman–Crippen LogP) is 5.82. The van der Waals surface area contributed by atoms with Crippen molar-refractivity contribution in [2.24, 2.45) is 0 Å². The second-order valence-electron chi connectivity index (χ2n) is 4.21. The summed E-state index contributed by atoms with van der Waals surface area (Å²) < 4.78 is 1.19. The number of rotatable bonds is 4. The van der Waals surface area contributed by atoms with Crippen molar-refractivity contribution in [1.82, 2.24) is 0 Å². The molecule has 6 heteroatoms. The number of non-ortho nitro benzene ring substituents is 1. The van der Waals surface area contributed by atoms with Crippen molar-refractivity contribution in [2.75, 3.05) is 0 Å². The van der Waals surface area contributed by atoms with E-state index in [1.807, 2.05) is 18.2 Å². The molecule has 3 rings (SSSR count). The van der Waals surface area contributed by atoms with E-state index in [0.29, 0.717) is 0 Å². The van der Waals surface area contributed by atoms with Crippen LogP contribution in [0.5, 0.6) is 0 Å². The quantitative estimate of drug-likeness (QED) is 0.262. The summed E-state index contributed by atoms with van der Waals surface area (Å²) in [5, 5.41) is 10.6. The van der Waals surface area contributed by atoms with Gasteiger partial charge in [-0.1, -0.05) is 30.3 Å². The van der Waals surface area contributed by atoms with E-state index in [1.165, 1.54) is 26.8 Å². The first kappa shape index (κ1) is 14.2. The van der Waals surface area contributed by atoms with E-state index in [9.17, 15) is 10.1 Å². The van der Waals surface area contributed by atoms with Crippen molar-refractivity contribution in [3.8, 4) is 10.4 Å². The van der Waals surface area contributed by atoms with E-state index in [2.05, 4.69) is 18.2 Å². The van der Waals surface area contributed by atoms with E-state index in [-0.39, 0.29) is 10.6 Å². The van der Waals surface area contributed by atoms with Gasteiger partial charge in [-0.15, -0.1) is 0 Å². The molecule has 0 amide bonds. The van der Waals surface area contributed by atoms with Gasteiger partial charge in [0.1, 0.15) is 0 Å². The molecule has 1 heterocycles. The zero-order valence-electron chi connectivity index (χ0n) is 10.8. The Balaban J connectivity index is 1.77. The monoisotopic (exact) mass is 332 g/mol. The average molecular weight is 332 g/mol. The van der Waals surface area contributed by atoms with Crippen LogP contribution in [-0.2, 0) is 0 Å². The zero-order valence-corrected chi connectivity index (χ0v) is 13.2. The number of nitro groups is 1. The summed E-state index contributed by atoms with van der Waals surface area (Å²) in [5.74, 6) is 0. The fourth-order valence-corrected chi connectivity index (χ4v) is 5.47. The second kappa shape index (κ2) is 6.34. The highest BCUT2D eigenvalue weighted by Crippen LogP contribution is 2.40. The van der Waals surface area contributed by atoms with Gasteiger partial charge >= 0.3 is 10.3 Å². The molecule has 0 atom stereocenters. The highest BCUT2D eigenvalue weighted by atomic mass is 32.9. The standard InChI is InChI=1S/C15H10NO2S3/c17-16(18)12-6-8-13(9-7-12)19-15-10-14(20-21-15)11-4-2-1-3-5-11/h1-10H/q+1. The molecule has 0 fully saturated rings. The molecule has 0 aliphatic rings. The van der Waals surface area contributed by atoms with Crippen LogP contribution >= 0.6 is 32.4 Å². The topological polar surface area (TPSA) is 43.1 Å². The molecule has 0 unspecified atom stereocenters. The molecular formula is C15H10NO2S3+. The number of benzene rings is 2. The summed E-state index contributed by atoms with van der Waals surface area (Å²) in [6.07, 6.45) is 0. The van der Waals surface area contributed by atoms with E-state index >= 15 is 0 Å². The van der Waals surface area contributed by atoms with Crippen LogP contribution in [0.1, 0.15) is 0 Å². The van der Waals surface area contributed by atoms with Crippen molar-refractivity contribution in [1.29, 1.82) is 0 Å². The summed E-state index contributed by atoms with van der Waals surface area (Å²) in [5.41, 5.74) is 1.34. The lowest BCUT2D eigenvalue weighted by Gasteiger charge is -1.94. The molecule has 3 nitrogen and oxygen atoms in total.